The third-order valence-corrected chi connectivity index (χ3v) is 5.71. The van der Waals surface area contributed by atoms with E-state index in [1.807, 2.05) is 44.2 Å². The number of hydrogen-bond acceptors (Lipinski definition) is 5. The van der Waals surface area contributed by atoms with Crippen LogP contribution in [0, 0.1) is 5.92 Å². The largest absolute Gasteiger partial charge is 0.495 e. The van der Waals surface area contributed by atoms with E-state index in [9.17, 15) is 13.2 Å². The average Bonchev–Trinajstić information content (AvgIpc) is 2.66. The normalized spacial score (nSPS) is 11.6. The number of ether oxygens (including phenoxy) is 2. The molecule has 0 fully saturated rings. The van der Waals surface area contributed by atoms with Crippen molar-refractivity contribution in [3.8, 4) is 5.75 Å². The summed E-state index contributed by atoms with van der Waals surface area (Å²) < 4.78 is 37.7. The lowest BCUT2D eigenvalue weighted by atomic mass is 10.2. The Labute approximate surface area is 160 Å². The summed E-state index contributed by atoms with van der Waals surface area (Å²) in [6.07, 6.45) is 0. The van der Waals surface area contributed by atoms with Gasteiger partial charge in [0, 0.05) is 13.6 Å². The van der Waals surface area contributed by atoms with E-state index in [1.165, 1.54) is 36.7 Å². The van der Waals surface area contributed by atoms with Crippen LogP contribution in [0.5, 0.6) is 5.75 Å². The Morgan fingerprint density at radius 1 is 1.11 bits per heavy atom. The summed E-state index contributed by atoms with van der Waals surface area (Å²) in [5.74, 6) is -0.198. The van der Waals surface area contributed by atoms with E-state index in [0.717, 1.165) is 5.56 Å². The van der Waals surface area contributed by atoms with Gasteiger partial charge in [-0.15, -0.1) is 0 Å². The average molecular weight is 391 g/mol. The molecule has 0 saturated heterocycles. The predicted octanol–water partition coefficient (Wildman–Crippen LogP) is 3.33. The Bertz CT molecular complexity index is 879. The van der Waals surface area contributed by atoms with Gasteiger partial charge in [0.1, 0.15) is 10.6 Å². The maximum Gasteiger partial charge on any atom is 0.338 e. The molecule has 0 unspecified atom stereocenters. The molecule has 0 amide bonds. The van der Waals surface area contributed by atoms with Crippen molar-refractivity contribution in [2.45, 2.75) is 25.3 Å². The number of rotatable bonds is 8. The van der Waals surface area contributed by atoms with E-state index < -0.39 is 16.0 Å². The number of carbonyl (C=O) groups is 1. The van der Waals surface area contributed by atoms with Crippen molar-refractivity contribution in [2.24, 2.45) is 5.92 Å². The molecule has 0 heterocycles. The van der Waals surface area contributed by atoms with Crippen LogP contribution in [0.1, 0.15) is 29.8 Å². The first-order valence-corrected chi connectivity index (χ1v) is 10.0. The summed E-state index contributed by atoms with van der Waals surface area (Å²) in [6, 6.07) is 13.5. The Morgan fingerprint density at radius 2 is 1.78 bits per heavy atom. The van der Waals surface area contributed by atoms with Gasteiger partial charge in [0.25, 0.3) is 0 Å². The topological polar surface area (TPSA) is 72.9 Å². The molecule has 2 aromatic carbocycles. The van der Waals surface area contributed by atoms with Crippen molar-refractivity contribution in [1.29, 1.82) is 0 Å². The zero-order chi connectivity index (χ0) is 20.0. The van der Waals surface area contributed by atoms with E-state index in [4.69, 9.17) is 9.47 Å². The van der Waals surface area contributed by atoms with Crippen molar-refractivity contribution in [3.05, 3.63) is 59.7 Å². The second-order valence-corrected chi connectivity index (χ2v) is 8.62. The van der Waals surface area contributed by atoms with Crippen LogP contribution < -0.4 is 4.74 Å². The molecule has 27 heavy (non-hydrogen) atoms. The van der Waals surface area contributed by atoms with Crippen molar-refractivity contribution in [2.75, 3.05) is 20.8 Å². The first kappa shape index (κ1) is 20.9. The van der Waals surface area contributed by atoms with Gasteiger partial charge >= 0.3 is 5.97 Å². The fourth-order valence-corrected chi connectivity index (χ4v) is 3.76. The Kier molecular flexibility index (Phi) is 6.98. The lowest BCUT2D eigenvalue weighted by Gasteiger charge is -2.19. The molecule has 0 aromatic heterocycles. The zero-order valence-electron chi connectivity index (χ0n) is 16.0. The molecular weight excluding hydrogens is 366 g/mol. The highest BCUT2D eigenvalue weighted by Gasteiger charge is 2.26. The quantitative estimate of drug-likeness (QED) is 0.646. The number of benzene rings is 2. The van der Waals surface area contributed by atoms with Crippen LogP contribution in [-0.4, -0.2) is 39.5 Å². The highest BCUT2D eigenvalue weighted by molar-refractivity contribution is 7.89. The molecule has 7 heteroatoms. The smallest absolute Gasteiger partial charge is 0.338 e. The van der Waals surface area contributed by atoms with E-state index in [-0.39, 0.29) is 35.3 Å². The van der Waals surface area contributed by atoms with Crippen LogP contribution in [0.4, 0.5) is 0 Å². The highest BCUT2D eigenvalue weighted by Crippen LogP contribution is 2.28. The Balaban J connectivity index is 2.33. The molecule has 6 nitrogen and oxygen atoms in total. The summed E-state index contributed by atoms with van der Waals surface area (Å²) >= 11 is 0. The maximum atomic E-state index is 13.1. The molecule has 0 bridgehead atoms. The van der Waals surface area contributed by atoms with Gasteiger partial charge in [0.15, 0.2) is 0 Å². The van der Waals surface area contributed by atoms with Crippen molar-refractivity contribution in [3.63, 3.8) is 0 Å². The van der Waals surface area contributed by atoms with E-state index in [1.54, 1.807) is 0 Å². The van der Waals surface area contributed by atoms with E-state index in [0.29, 0.717) is 0 Å². The minimum absolute atomic E-state index is 0.0672. The van der Waals surface area contributed by atoms with Crippen LogP contribution in [0.15, 0.2) is 53.4 Å². The Morgan fingerprint density at radius 3 is 2.37 bits per heavy atom. The minimum atomic E-state index is -3.87. The molecule has 0 N–H and O–H groups in total. The van der Waals surface area contributed by atoms with Crippen LogP contribution in [0.25, 0.3) is 0 Å². The Hall–Kier alpha value is -2.38. The van der Waals surface area contributed by atoms with Crippen LogP contribution >= 0.6 is 0 Å². The first-order chi connectivity index (χ1) is 12.8. The third kappa shape index (κ3) is 5.30. The fraction of sp³-hybridized carbons (Fsp3) is 0.350. The highest BCUT2D eigenvalue weighted by atomic mass is 32.2. The number of hydrogen-bond donors (Lipinski definition) is 0. The lowest BCUT2D eigenvalue weighted by Crippen LogP contribution is -2.27. The number of carbonyl (C=O) groups excluding carboxylic acids is 1. The van der Waals surface area contributed by atoms with E-state index in [2.05, 4.69) is 0 Å². The van der Waals surface area contributed by atoms with Crippen molar-refractivity contribution >= 4 is 16.0 Å². The molecule has 146 valence electrons. The number of nitrogens with zero attached hydrogens (tertiary/aromatic N) is 1. The van der Waals surface area contributed by atoms with Gasteiger partial charge in [0.05, 0.1) is 19.3 Å². The molecule has 0 aliphatic heterocycles. The number of methoxy groups -OCH3 is 1. The second kappa shape index (κ2) is 9.01. The van der Waals surface area contributed by atoms with Gasteiger partial charge in [-0.1, -0.05) is 44.2 Å². The first-order valence-electron chi connectivity index (χ1n) is 8.61. The van der Waals surface area contributed by atoms with Crippen LogP contribution in [-0.2, 0) is 21.3 Å². The molecule has 0 saturated carbocycles. The molecule has 0 spiro atoms. The van der Waals surface area contributed by atoms with Crippen molar-refractivity contribution in [1.82, 2.24) is 4.31 Å². The summed E-state index contributed by atoms with van der Waals surface area (Å²) in [5, 5.41) is 0. The number of sulfonamides is 1. The number of esters is 1. The maximum absolute atomic E-state index is 13.1. The van der Waals surface area contributed by atoms with E-state index >= 15 is 0 Å². The standard InChI is InChI=1S/C20H25NO5S/c1-15(2)14-26-20(22)17-10-11-18(25-4)19(12-17)27(23,24)21(3)13-16-8-6-5-7-9-16/h5-12,15H,13-14H2,1-4H3. The molecule has 0 radical (unpaired) electrons. The molecule has 0 atom stereocenters. The van der Waals surface area contributed by atoms with Gasteiger partial charge in [-0.05, 0) is 29.7 Å². The van der Waals surface area contributed by atoms with Gasteiger partial charge in [-0.2, -0.15) is 4.31 Å². The SMILES string of the molecule is COc1ccc(C(=O)OCC(C)C)cc1S(=O)(=O)N(C)Cc1ccccc1. The van der Waals surface area contributed by atoms with Gasteiger partial charge in [-0.25, -0.2) is 13.2 Å². The summed E-state index contributed by atoms with van der Waals surface area (Å²) in [5.41, 5.74) is 1.03. The monoisotopic (exact) mass is 391 g/mol. The van der Waals surface area contributed by atoms with Crippen molar-refractivity contribution < 1.29 is 22.7 Å². The summed E-state index contributed by atoms with van der Waals surface area (Å²) in [7, 11) is -0.984. The predicted molar refractivity (Wildman–Crippen MR) is 103 cm³/mol. The summed E-state index contributed by atoms with van der Waals surface area (Å²) in [4.78, 5) is 12.2. The molecule has 2 aromatic rings. The lowest BCUT2D eigenvalue weighted by molar-refractivity contribution is 0.0458. The molecule has 0 aliphatic carbocycles. The molecule has 2 rings (SSSR count). The second-order valence-electron chi connectivity index (χ2n) is 6.60. The zero-order valence-corrected chi connectivity index (χ0v) is 16.8. The van der Waals surface area contributed by atoms with Crippen LogP contribution in [0.3, 0.4) is 0 Å². The van der Waals surface area contributed by atoms with Gasteiger partial charge in [-0.3, -0.25) is 0 Å². The fourth-order valence-electron chi connectivity index (χ4n) is 2.42. The third-order valence-electron chi connectivity index (χ3n) is 3.88. The summed E-state index contributed by atoms with van der Waals surface area (Å²) in [6.45, 7) is 4.32. The molecular formula is C20H25NO5S. The van der Waals surface area contributed by atoms with Gasteiger partial charge < -0.3 is 9.47 Å². The van der Waals surface area contributed by atoms with Gasteiger partial charge in [0.2, 0.25) is 10.0 Å². The minimum Gasteiger partial charge on any atom is -0.495 e. The molecule has 0 aliphatic rings. The van der Waals surface area contributed by atoms with Crippen LogP contribution in [0.2, 0.25) is 0 Å².